The van der Waals surface area contributed by atoms with Crippen molar-refractivity contribution >= 4 is 5.91 Å². The van der Waals surface area contributed by atoms with Crippen LogP contribution in [0.3, 0.4) is 0 Å². The van der Waals surface area contributed by atoms with E-state index < -0.39 is 0 Å². The van der Waals surface area contributed by atoms with Gasteiger partial charge in [-0.15, -0.1) is 0 Å². The molecule has 1 aromatic heterocycles. The molecular weight excluding hydrogens is 306 g/mol. The molecule has 0 atom stereocenters. The van der Waals surface area contributed by atoms with Crippen LogP contribution in [0.25, 0.3) is 11.3 Å². The van der Waals surface area contributed by atoms with Gasteiger partial charge in [-0.1, -0.05) is 17.3 Å². The Labute approximate surface area is 141 Å². The van der Waals surface area contributed by atoms with Crippen LogP contribution >= 0.6 is 0 Å². The van der Waals surface area contributed by atoms with Gasteiger partial charge < -0.3 is 14.2 Å². The average Bonchev–Trinajstić information content (AvgIpc) is 3.38. The quantitative estimate of drug-likeness (QED) is 0.862. The molecule has 6 heteroatoms. The van der Waals surface area contributed by atoms with E-state index in [0.29, 0.717) is 17.2 Å². The lowest BCUT2D eigenvalue weighted by atomic mass is 10.1. The van der Waals surface area contributed by atoms with Gasteiger partial charge in [-0.3, -0.25) is 9.69 Å². The number of para-hydroxylation sites is 1. The number of methoxy groups -OCH3 is 1. The molecule has 1 amide bonds. The maximum absolute atomic E-state index is 12.6. The van der Waals surface area contributed by atoms with E-state index in [2.05, 4.69) is 10.1 Å². The van der Waals surface area contributed by atoms with Crippen LogP contribution in [0.2, 0.25) is 0 Å². The summed E-state index contributed by atoms with van der Waals surface area (Å²) in [6.07, 6.45) is 2.61. The molecule has 2 fully saturated rings. The molecule has 0 spiro atoms. The third-order valence-electron chi connectivity index (χ3n) is 4.77. The van der Waals surface area contributed by atoms with E-state index in [1.165, 1.54) is 12.8 Å². The molecule has 2 aromatic rings. The Morgan fingerprint density at radius 2 is 1.96 bits per heavy atom. The maximum Gasteiger partial charge on any atom is 0.276 e. The highest BCUT2D eigenvalue weighted by Gasteiger charge is 2.33. The number of nitrogens with zero attached hydrogens (tertiary/aromatic N) is 3. The first-order valence-electron chi connectivity index (χ1n) is 8.39. The van der Waals surface area contributed by atoms with Crippen molar-refractivity contribution in [3.05, 3.63) is 36.0 Å². The minimum absolute atomic E-state index is 0.0599. The smallest absolute Gasteiger partial charge is 0.276 e. The van der Waals surface area contributed by atoms with Crippen molar-refractivity contribution in [2.24, 2.45) is 0 Å². The van der Waals surface area contributed by atoms with E-state index in [4.69, 9.17) is 9.26 Å². The largest absolute Gasteiger partial charge is 0.496 e. The minimum Gasteiger partial charge on any atom is -0.496 e. The van der Waals surface area contributed by atoms with Crippen molar-refractivity contribution < 1.29 is 14.1 Å². The van der Waals surface area contributed by atoms with Crippen LogP contribution in [-0.4, -0.2) is 60.2 Å². The lowest BCUT2D eigenvalue weighted by Gasteiger charge is -2.34. The fourth-order valence-electron chi connectivity index (χ4n) is 3.24. The Kier molecular flexibility index (Phi) is 3.98. The fraction of sp³-hybridized carbons (Fsp3) is 0.444. The zero-order valence-electron chi connectivity index (χ0n) is 13.8. The number of hydrogen-bond donors (Lipinski definition) is 0. The number of benzene rings is 1. The van der Waals surface area contributed by atoms with Crippen molar-refractivity contribution in [3.63, 3.8) is 0 Å². The molecule has 2 aliphatic rings. The number of carbonyl (C=O) groups is 1. The molecule has 24 heavy (non-hydrogen) atoms. The molecule has 0 radical (unpaired) electrons. The topological polar surface area (TPSA) is 58.8 Å². The van der Waals surface area contributed by atoms with Gasteiger partial charge in [0, 0.05) is 38.3 Å². The summed E-state index contributed by atoms with van der Waals surface area (Å²) in [6, 6.07) is 10.0. The number of rotatable bonds is 4. The molecule has 1 aliphatic carbocycles. The van der Waals surface area contributed by atoms with Crippen LogP contribution in [0.4, 0.5) is 0 Å². The Hall–Kier alpha value is -2.34. The van der Waals surface area contributed by atoms with Crippen LogP contribution < -0.4 is 4.74 Å². The standard InChI is InChI=1S/C18H21N3O3/c1-23-16-5-3-2-4-14(16)17-12-15(19-24-17)18(22)21-10-8-20(9-11-21)13-6-7-13/h2-5,12-13H,6-11H2,1H3. The summed E-state index contributed by atoms with van der Waals surface area (Å²) in [4.78, 5) is 17.0. The molecule has 1 saturated heterocycles. The molecule has 6 nitrogen and oxygen atoms in total. The molecule has 1 aliphatic heterocycles. The normalized spacial score (nSPS) is 18.6. The fourth-order valence-corrected chi connectivity index (χ4v) is 3.24. The van der Waals surface area contributed by atoms with Gasteiger partial charge in [0.2, 0.25) is 0 Å². The summed E-state index contributed by atoms with van der Waals surface area (Å²) in [5, 5.41) is 3.97. The second-order valence-electron chi connectivity index (χ2n) is 6.34. The molecule has 2 heterocycles. The van der Waals surface area contributed by atoms with Crippen molar-refractivity contribution in [2.45, 2.75) is 18.9 Å². The highest BCUT2D eigenvalue weighted by atomic mass is 16.5. The highest BCUT2D eigenvalue weighted by molar-refractivity contribution is 5.93. The van der Waals surface area contributed by atoms with E-state index in [9.17, 15) is 4.79 Å². The Morgan fingerprint density at radius 3 is 2.67 bits per heavy atom. The van der Waals surface area contributed by atoms with Gasteiger partial charge in [-0.05, 0) is 25.0 Å². The van der Waals surface area contributed by atoms with Gasteiger partial charge >= 0.3 is 0 Å². The third kappa shape index (κ3) is 2.89. The number of hydrogen-bond acceptors (Lipinski definition) is 5. The van der Waals surface area contributed by atoms with Gasteiger partial charge in [0.1, 0.15) is 5.75 Å². The predicted octanol–water partition coefficient (Wildman–Crippen LogP) is 2.27. The molecule has 0 bridgehead atoms. The second kappa shape index (κ2) is 6.28. The first kappa shape index (κ1) is 15.2. The van der Waals surface area contributed by atoms with Crippen LogP contribution in [0.15, 0.2) is 34.9 Å². The van der Waals surface area contributed by atoms with Gasteiger partial charge in [0.25, 0.3) is 5.91 Å². The monoisotopic (exact) mass is 327 g/mol. The number of piperazine rings is 1. The van der Waals surface area contributed by atoms with Gasteiger partial charge in [0.05, 0.1) is 12.7 Å². The molecule has 4 rings (SSSR count). The molecule has 1 aromatic carbocycles. The van der Waals surface area contributed by atoms with E-state index in [-0.39, 0.29) is 5.91 Å². The lowest BCUT2D eigenvalue weighted by Crippen LogP contribution is -2.49. The Morgan fingerprint density at radius 1 is 1.21 bits per heavy atom. The number of amides is 1. The summed E-state index contributed by atoms with van der Waals surface area (Å²) < 4.78 is 10.7. The van der Waals surface area contributed by atoms with Gasteiger partial charge in [0.15, 0.2) is 11.5 Å². The molecule has 0 unspecified atom stereocenters. The SMILES string of the molecule is COc1ccccc1-c1cc(C(=O)N2CCN(C3CC3)CC2)no1. The second-order valence-corrected chi connectivity index (χ2v) is 6.34. The zero-order chi connectivity index (χ0) is 16.5. The summed E-state index contributed by atoms with van der Waals surface area (Å²) in [7, 11) is 1.61. The van der Waals surface area contributed by atoms with E-state index in [1.807, 2.05) is 29.2 Å². The highest BCUT2D eigenvalue weighted by Crippen LogP contribution is 2.30. The van der Waals surface area contributed by atoms with Crippen molar-refractivity contribution in [2.75, 3.05) is 33.3 Å². The van der Waals surface area contributed by atoms with Gasteiger partial charge in [-0.2, -0.15) is 0 Å². The van der Waals surface area contributed by atoms with Crippen LogP contribution in [0, 0.1) is 0 Å². The molecule has 0 N–H and O–H groups in total. The predicted molar refractivity (Wildman–Crippen MR) is 89.0 cm³/mol. The van der Waals surface area contributed by atoms with E-state index >= 15 is 0 Å². The summed E-state index contributed by atoms with van der Waals surface area (Å²) in [5.41, 5.74) is 1.15. The third-order valence-corrected chi connectivity index (χ3v) is 4.77. The number of aromatic nitrogens is 1. The van der Waals surface area contributed by atoms with Crippen LogP contribution in [0.5, 0.6) is 5.75 Å². The van der Waals surface area contributed by atoms with E-state index in [1.54, 1.807) is 13.2 Å². The Bertz CT molecular complexity index is 731. The molecule has 126 valence electrons. The number of ether oxygens (including phenoxy) is 1. The maximum atomic E-state index is 12.6. The van der Waals surface area contributed by atoms with Crippen molar-refractivity contribution in [1.29, 1.82) is 0 Å². The van der Waals surface area contributed by atoms with Crippen LogP contribution in [0.1, 0.15) is 23.3 Å². The molecule has 1 saturated carbocycles. The van der Waals surface area contributed by atoms with Crippen molar-refractivity contribution in [3.8, 4) is 17.1 Å². The average molecular weight is 327 g/mol. The molecular formula is C18H21N3O3. The summed E-state index contributed by atoms with van der Waals surface area (Å²) >= 11 is 0. The zero-order valence-corrected chi connectivity index (χ0v) is 13.8. The Balaban J connectivity index is 1.47. The van der Waals surface area contributed by atoms with Crippen LogP contribution in [-0.2, 0) is 0 Å². The first-order chi connectivity index (χ1) is 11.8. The number of carbonyl (C=O) groups excluding carboxylic acids is 1. The summed E-state index contributed by atoms with van der Waals surface area (Å²) in [5.74, 6) is 1.19. The summed E-state index contributed by atoms with van der Waals surface area (Å²) in [6.45, 7) is 3.42. The van der Waals surface area contributed by atoms with Gasteiger partial charge in [-0.25, -0.2) is 0 Å². The first-order valence-corrected chi connectivity index (χ1v) is 8.39. The van der Waals surface area contributed by atoms with E-state index in [0.717, 1.165) is 37.8 Å². The lowest BCUT2D eigenvalue weighted by molar-refractivity contribution is 0.0617. The minimum atomic E-state index is -0.0599. The van der Waals surface area contributed by atoms with Crippen molar-refractivity contribution in [1.82, 2.24) is 15.0 Å².